The minimum absolute atomic E-state index is 0.555. The maximum absolute atomic E-state index is 4.24. The van der Waals surface area contributed by atoms with Crippen molar-refractivity contribution in [3.8, 4) is 5.69 Å². The van der Waals surface area contributed by atoms with E-state index in [1.807, 2.05) is 16.9 Å². The van der Waals surface area contributed by atoms with Gasteiger partial charge in [-0.25, -0.2) is 4.68 Å². The smallest absolute Gasteiger partial charge is 0.0645 e. The van der Waals surface area contributed by atoms with Crippen LogP contribution in [-0.2, 0) is 0 Å². The third-order valence-corrected chi connectivity index (χ3v) is 3.33. The Morgan fingerprint density at radius 3 is 2.60 bits per heavy atom. The molecule has 0 bridgehead atoms. The van der Waals surface area contributed by atoms with Crippen LogP contribution in [0.15, 0.2) is 48.3 Å². The highest BCUT2D eigenvalue weighted by Crippen LogP contribution is 2.16. The summed E-state index contributed by atoms with van der Waals surface area (Å²) in [6, 6.07) is 10.4. The molecule has 0 spiro atoms. The number of aromatic nitrogens is 2. The van der Waals surface area contributed by atoms with Crippen LogP contribution in [0.1, 0.15) is 26.3 Å². The number of hydrogen-bond acceptors (Lipinski definition) is 2. The molecule has 3 heteroatoms. The SMILES string of the molecule is CCNCC(=Cc1ccc(-n2cccn2)cc1)C(C)C. The van der Waals surface area contributed by atoms with Crippen LogP contribution in [0.4, 0.5) is 0 Å². The molecular formula is C17H23N3. The summed E-state index contributed by atoms with van der Waals surface area (Å²) in [5.74, 6) is 0.555. The molecule has 2 aromatic rings. The molecule has 1 heterocycles. The van der Waals surface area contributed by atoms with E-state index >= 15 is 0 Å². The Bertz CT molecular complexity index is 536. The highest BCUT2D eigenvalue weighted by Gasteiger charge is 2.03. The maximum Gasteiger partial charge on any atom is 0.0645 e. The van der Waals surface area contributed by atoms with E-state index in [1.54, 1.807) is 6.20 Å². The second kappa shape index (κ2) is 7.06. The van der Waals surface area contributed by atoms with Gasteiger partial charge in [-0.05, 0) is 36.2 Å². The van der Waals surface area contributed by atoms with Gasteiger partial charge < -0.3 is 5.32 Å². The monoisotopic (exact) mass is 269 g/mol. The van der Waals surface area contributed by atoms with E-state index in [0.29, 0.717) is 5.92 Å². The van der Waals surface area contributed by atoms with Crippen molar-refractivity contribution in [2.24, 2.45) is 5.92 Å². The third kappa shape index (κ3) is 3.81. The minimum Gasteiger partial charge on any atom is -0.313 e. The lowest BCUT2D eigenvalue weighted by Crippen LogP contribution is -2.18. The van der Waals surface area contributed by atoms with Crippen molar-refractivity contribution < 1.29 is 0 Å². The number of benzene rings is 1. The van der Waals surface area contributed by atoms with E-state index in [-0.39, 0.29) is 0 Å². The average Bonchev–Trinajstić information content (AvgIpc) is 2.98. The molecule has 0 aliphatic rings. The molecule has 0 amide bonds. The third-order valence-electron chi connectivity index (χ3n) is 3.33. The first-order valence-corrected chi connectivity index (χ1v) is 7.22. The molecule has 1 N–H and O–H groups in total. The molecular weight excluding hydrogens is 246 g/mol. The summed E-state index contributed by atoms with van der Waals surface area (Å²) >= 11 is 0. The Kier molecular flexibility index (Phi) is 5.13. The summed E-state index contributed by atoms with van der Waals surface area (Å²) in [6.45, 7) is 8.57. The summed E-state index contributed by atoms with van der Waals surface area (Å²) in [7, 11) is 0. The fourth-order valence-electron chi connectivity index (χ4n) is 2.05. The second-order valence-electron chi connectivity index (χ2n) is 5.20. The van der Waals surface area contributed by atoms with Crippen LogP contribution >= 0.6 is 0 Å². The fraction of sp³-hybridized carbons (Fsp3) is 0.353. The van der Waals surface area contributed by atoms with Crippen molar-refractivity contribution in [2.45, 2.75) is 20.8 Å². The van der Waals surface area contributed by atoms with Crippen LogP contribution in [0.5, 0.6) is 0 Å². The van der Waals surface area contributed by atoms with Gasteiger partial charge in [0.1, 0.15) is 0 Å². The molecule has 106 valence electrons. The van der Waals surface area contributed by atoms with Gasteiger partial charge in [0.15, 0.2) is 0 Å². The standard InChI is InChI=1S/C17H23N3/c1-4-18-13-16(14(2)3)12-15-6-8-17(9-7-15)20-11-5-10-19-20/h5-12,14,18H,4,13H2,1-3H3. The molecule has 0 atom stereocenters. The maximum atomic E-state index is 4.24. The van der Waals surface area contributed by atoms with Crippen LogP contribution in [0.2, 0.25) is 0 Å². The molecule has 0 saturated heterocycles. The van der Waals surface area contributed by atoms with E-state index in [4.69, 9.17) is 0 Å². The Hall–Kier alpha value is -1.87. The highest BCUT2D eigenvalue weighted by molar-refractivity contribution is 5.55. The zero-order valence-corrected chi connectivity index (χ0v) is 12.5. The van der Waals surface area contributed by atoms with Crippen LogP contribution in [0.25, 0.3) is 11.8 Å². The van der Waals surface area contributed by atoms with Gasteiger partial charge in [0, 0.05) is 18.9 Å². The Morgan fingerprint density at radius 1 is 1.30 bits per heavy atom. The van der Waals surface area contributed by atoms with Gasteiger partial charge in [-0.15, -0.1) is 0 Å². The van der Waals surface area contributed by atoms with Crippen LogP contribution in [0, 0.1) is 5.92 Å². The lowest BCUT2D eigenvalue weighted by molar-refractivity contribution is 0.682. The van der Waals surface area contributed by atoms with Gasteiger partial charge in [-0.2, -0.15) is 5.10 Å². The molecule has 0 aliphatic heterocycles. The van der Waals surface area contributed by atoms with E-state index < -0.39 is 0 Å². The van der Waals surface area contributed by atoms with Crippen molar-refractivity contribution >= 4 is 6.08 Å². The Balaban J connectivity index is 2.16. The summed E-state index contributed by atoms with van der Waals surface area (Å²) < 4.78 is 1.87. The van der Waals surface area contributed by atoms with Crippen LogP contribution < -0.4 is 5.32 Å². The lowest BCUT2D eigenvalue weighted by Gasteiger charge is -2.12. The lowest BCUT2D eigenvalue weighted by atomic mass is 10.00. The summed E-state index contributed by atoms with van der Waals surface area (Å²) in [4.78, 5) is 0. The topological polar surface area (TPSA) is 29.9 Å². The quantitative estimate of drug-likeness (QED) is 0.869. The first kappa shape index (κ1) is 14.5. The Labute approximate surface area is 121 Å². The van der Waals surface area contributed by atoms with Crippen molar-refractivity contribution in [3.63, 3.8) is 0 Å². The largest absolute Gasteiger partial charge is 0.313 e. The summed E-state index contributed by atoms with van der Waals surface area (Å²) in [5.41, 5.74) is 3.76. The number of likely N-dealkylation sites (N-methyl/N-ethyl adjacent to an activating group) is 1. The van der Waals surface area contributed by atoms with Crippen molar-refractivity contribution in [1.29, 1.82) is 0 Å². The molecule has 3 nitrogen and oxygen atoms in total. The first-order valence-electron chi connectivity index (χ1n) is 7.22. The van der Waals surface area contributed by atoms with Crippen molar-refractivity contribution in [2.75, 3.05) is 13.1 Å². The molecule has 2 rings (SSSR count). The van der Waals surface area contributed by atoms with E-state index in [9.17, 15) is 0 Å². The highest BCUT2D eigenvalue weighted by atomic mass is 15.3. The van der Waals surface area contributed by atoms with Crippen LogP contribution in [-0.4, -0.2) is 22.9 Å². The van der Waals surface area contributed by atoms with E-state index in [0.717, 1.165) is 18.8 Å². The fourth-order valence-corrected chi connectivity index (χ4v) is 2.05. The van der Waals surface area contributed by atoms with E-state index in [1.165, 1.54) is 11.1 Å². The second-order valence-corrected chi connectivity index (χ2v) is 5.20. The zero-order chi connectivity index (χ0) is 14.4. The molecule has 0 unspecified atom stereocenters. The predicted octanol–water partition coefficient (Wildman–Crippen LogP) is 3.52. The number of hydrogen-bond donors (Lipinski definition) is 1. The van der Waals surface area contributed by atoms with Gasteiger partial charge in [0.2, 0.25) is 0 Å². The van der Waals surface area contributed by atoms with Gasteiger partial charge >= 0.3 is 0 Å². The predicted molar refractivity (Wildman–Crippen MR) is 84.9 cm³/mol. The van der Waals surface area contributed by atoms with Gasteiger partial charge in [-0.1, -0.05) is 44.6 Å². The van der Waals surface area contributed by atoms with Gasteiger partial charge in [0.25, 0.3) is 0 Å². The summed E-state index contributed by atoms with van der Waals surface area (Å²) in [5, 5.41) is 7.64. The average molecular weight is 269 g/mol. The molecule has 0 radical (unpaired) electrons. The number of nitrogens with zero attached hydrogens (tertiary/aromatic N) is 2. The minimum atomic E-state index is 0.555. The normalized spacial score (nSPS) is 12.1. The van der Waals surface area contributed by atoms with Gasteiger partial charge in [0.05, 0.1) is 5.69 Å². The molecule has 1 aromatic heterocycles. The molecule has 20 heavy (non-hydrogen) atoms. The number of rotatable bonds is 6. The van der Waals surface area contributed by atoms with Crippen LogP contribution in [0.3, 0.4) is 0 Å². The molecule has 1 aromatic carbocycles. The van der Waals surface area contributed by atoms with Gasteiger partial charge in [-0.3, -0.25) is 0 Å². The van der Waals surface area contributed by atoms with Crippen molar-refractivity contribution in [3.05, 3.63) is 53.9 Å². The van der Waals surface area contributed by atoms with E-state index in [2.05, 4.69) is 61.5 Å². The Morgan fingerprint density at radius 2 is 2.05 bits per heavy atom. The summed E-state index contributed by atoms with van der Waals surface area (Å²) in [6.07, 6.45) is 6.02. The molecule has 0 aliphatic carbocycles. The molecule has 0 fully saturated rings. The van der Waals surface area contributed by atoms with Crippen molar-refractivity contribution in [1.82, 2.24) is 15.1 Å². The first-order chi connectivity index (χ1) is 9.70. The number of nitrogens with one attached hydrogen (secondary N) is 1. The zero-order valence-electron chi connectivity index (χ0n) is 12.5. The molecule has 0 saturated carbocycles.